The molecule has 0 saturated carbocycles. The van der Waals surface area contributed by atoms with E-state index in [-0.39, 0.29) is 41.8 Å². The number of piperazine rings is 1. The molecule has 0 spiro atoms. The number of nitrogens with one attached hydrogen (secondary N) is 2. The minimum absolute atomic E-state index is 0. The molecule has 3 rings (SSSR count). The van der Waals surface area contributed by atoms with Gasteiger partial charge in [-0.2, -0.15) is 0 Å². The van der Waals surface area contributed by atoms with Crippen molar-refractivity contribution in [1.82, 2.24) is 20.4 Å². The van der Waals surface area contributed by atoms with E-state index in [0.717, 1.165) is 71.3 Å². The van der Waals surface area contributed by atoms with Crippen LogP contribution in [-0.4, -0.2) is 86.6 Å². The van der Waals surface area contributed by atoms with E-state index >= 15 is 0 Å². The van der Waals surface area contributed by atoms with Gasteiger partial charge in [0.2, 0.25) is 5.91 Å². The third-order valence-corrected chi connectivity index (χ3v) is 6.65. The van der Waals surface area contributed by atoms with Crippen molar-refractivity contribution in [2.45, 2.75) is 47.1 Å². The van der Waals surface area contributed by atoms with Gasteiger partial charge in [0, 0.05) is 70.0 Å². The molecule has 1 atom stereocenters. The Hall–Kier alpha value is -1.55. The summed E-state index contributed by atoms with van der Waals surface area (Å²) in [4.78, 5) is 24.0. The van der Waals surface area contributed by atoms with Gasteiger partial charge in [0.1, 0.15) is 0 Å². The van der Waals surface area contributed by atoms with Crippen LogP contribution in [0.15, 0.2) is 23.2 Å². The number of hydrogen-bond donors (Lipinski definition) is 2. The van der Waals surface area contributed by atoms with Crippen LogP contribution >= 0.6 is 24.0 Å². The topological polar surface area (TPSA) is 63.2 Å². The van der Waals surface area contributed by atoms with E-state index < -0.39 is 0 Å². The summed E-state index contributed by atoms with van der Waals surface area (Å²) in [5.74, 6) is 1.17. The fourth-order valence-corrected chi connectivity index (χ4v) is 4.55. The third-order valence-electron chi connectivity index (χ3n) is 6.65. The summed E-state index contributed by atoms with van der Waals surface area (Å²) in [7, 11) is 0. The average molecular weight is 571 g/mol. The molecule has 1 aromatic carbocycles. The Morgan fingerprint density at radius 2 is 1.88 bits per heavy atom. The normalized spacial score (nSPS) is 19.6. The first-order chi connectivity index (χ1) is 15.4. The summed E-state index contributed by atoms with van der Waals surface area (Å²) in [6.45, 7) is 18.9. The monoisotopic (exact) mass is 570 g/mol. The zero-order valence-corrected chi connectivity index (χ0v) is 23.4. The summed E-state index contributed by atoms with van der Waals surface area (Å²) >= 11 is 0. The van der Waals surface area contributed by atoms with E-state index in [9.17, 15) is 4.79 Å². The highest BCUT2D eigenvalue weighted by Gasteiger charge is 2.28. The molecule has 33 heavy (non-hydrogen) atoms. The van der Waals surface area contributed by atoms with Crippen molar-refractivity contribution >= 4 is 41.5 Å². The van der Waals surface area contributed by atoms with E-state index in [1.165, 1.54) is 16.8 Å². The van der Waals surface area contributed by atoms with Crippen molar-refractivity contribution in [1.29, 1.82) is 0 Å². The highest BCUT2D eigenvalue weighted by Crippen LogP contribution is 2.23. The Morgan fingerprint density at radius 3 is 2.55 bits per heavy atom. The van der Waals surface area contributed by atoms with E-state index in [1.807, 2.05) is 18.7 Å². The minimum atomic E-state index is 0. The Labute approximate surface area is 217 Å². The highest BCUT2D eigenvalue weighted by atomic mass is 127. The summed E-state index contributed by atoms with van der Waals surface area (Å²) in [5, 5.41) is 6.90. The van der Waals surface area contributed by atoms with Crippen LogP contribution in [0.25, 0.3) is 0 Å². The number of halogens is 1. The number of carbonyl (C=O) groups excluding carboxylic acids is 1. The molecule has 2 saturated heterocycles. The van der Waals surface area contributed by atoms with Crippen LogP contribution in [0.5, 0.6) is 0 Å². The average Bonchev–Trinajstić information content (AvgIpc) is 3.24. The molecule has 0 radical (unpaired) electrons. The minimum Gasteiger partial charge on any atom is -0.369 e. The number of benzene rings is 1. The van der Waals surface area contributed by atoms with Crippen LogP contribution in [0, 0.1) is 19.8 Å². The van der Waals surface area contributed by atoms with Gasteiger partial charge in [0.05, 0.1) is 6.54 Å². The number of likely N-dealkylation sites (tertiary alicyclic amines) is 1. The molecule has 0 bridgehead atoms. The second kappa shape index (κ2) is 13.4. The molecule has 2 heterocycles. The molecule has 1 aromatic rings. The van der Waals surface area contributed by atoms with Gasteiger partial charge in [0.15, 0.2) is 5.96 Å². The fraction of sp³-hybridized carbons (Fsp3) is 0.680. The van der Waals surface area contributed by atoms with Gasteiger partial charge in [-0.1, -0.05) is 26.0 Å². The van der Waals surface area contributed by atoms with E-state index in [4.69, 9.17) is 4.99 Å². The Balaban J connectivity index is 0.00000385. The molecular formula is C25H43IN6O. The first kappa shape index (κ1) is 27.7. The van der Waals surface area contributed by atoms with Gasteiger partial charge in [-0.15, -0.1) is 24.0 Å². The van der Waals surface area contributed by atoms with Crippen LogP contribution in [0.2, 0.25) is 0 Å². The lowest BCUT2D eigenvalue weighted by Crippen LogP contribution is -2.48. The number of hydrogen-bond acceptors (Lipinski definition) is 4. The van der Waals surface area contributed by atoms with Gasteiger partial charge in [0.25, 0.3) is 0 Å². The first-order valence-corrected chi connectivity index (χ1v) is 12.3. The zero-order chi connectivity index (χ0) is 23.1. The maximum Gasteiger partial charge on any atom is 0.225 e. The van der Waals surface area contributed by atoms with Crippen molar-refractivity contribution in [3.8, 4) is 0 Å². The molecule has 2 N–H and O–H groups in total. The molecule has 186 valence electrons. The van der Waals surface area contributed by atoms with Crippen LogP contribution in [0.1, 0.15) is 38.3 Å². The summed E-state index contributed by atoms with van der Waals surface area (Å²) in [5.41, 5.74) is 4.14. The maximum atomic E-state index is 12.2. The first-order valence-electron chi connectivity index (χ1n) is 12.3. The van der Waals surface area contributed by atoms with Crippen molar-refractivity contribution in [2.24, 2.45) is 10.9 Å². The summed E-state index contributed by atoms with van der Waals surface area (Å²) in [6, 6.07) is 6.87. The largest absolute Gasteiger partial charge is 0.369 e. The number of rotatable bonds is 7. The summed E-state index contributed by atoms with van der Waals surface area (Å²) < 4.78 is 0. The van der Waals surface area contributed by atoms with Crippen LogP contribution < -0.4 is 15.5 Å². The van der Waals surface area contributed by atoms with E-state index in [2.05, 4.69) is 59.4 Å². The van der Waals surface area contributed by atoms with Crippen molar-refractivity contribution in [3.05, 3.63) is 29.3 Å². The zero-order valence-electron chi connectivity index (χ0n) is 21.1. The number of aryl methyl sites for hydroxylation is 1. The Bertz CT molecular complexity index is 791. The second-order valence-corrected chi connectivity index (χ2v) is 9.38. The van der Waals surface area contributed by atoms with Crippen LogP contribution in [-0.2, 0) is 4.79 Å². The van der Waals surface area contributed by atoms with Crippen molar-refractivity contribution in [3.63, 3.8) is 0 Å². The lowest BCUT2D eigenvalue weighted by Gasteiger charge is -2.36. The van der Waals surface area contributed by atoms with Gasteiger partial charge in [-0.25, -0.2) is 0 Å². The Morgan fingerprint density at radius 1 is 1.15 bits per heavy atom. The standard InChI is InChI=1S/C25H42N6O.HI/c1-6-26-25(28-22-10-12-31(18-22)24(32)19(2)3)27-11-13-29-14-16-30(17-15-29)23-9-7-8-20(4)21(23)5;/h7-9,19,22H,6,10-18H2,1-5H3,(H2,26,27,28);1H. The molecule has 8 heteroatoms. The van der Waals surface area contributed by atoms with Gasteiger partial charge in [-0.3, -0.25) is 14.7 Å². The molecule has 2 aliphatic rings. The predicted molar refractivity (Wildman–Crippen MR) is 149 cm³/mol. The second-order valence-electron chi connectivity index (χ2n) is 9.38. The molecule has 0 aliphatic carbocycles. The van der Waals surface area contributed by atoms with Crippen molar-refractivity contribution < 1.29 is 4.79 Å². The number of amides is 1. The van der Waals surface area contributed by atoms with E-state index in [0.29, 0.717) is 0 Å². The number of nitrogens with zero attached hydrogens (tertiary/aromatic N) is 4. The Kier molecular flexibility index (Phi) is 11.2. The number of guanidine groups is 1. The van der Waals surface area contributed by atoms with Crippen LogP contribution in [0.3, 0.4) is 0 Å². The smallest absolute Gasteiger partial charge is 0.225 e. The third kappa shape index (κ3) is 7.73. The molecule has 2 fully saturated rings. The number of carbonyl (C=O) groups is 1. The summed E-state index contributed by atoms with van der Waals surface area (Å²) in [6.07, 6.45) is 0.975. The molecule has 0 aromatic heterocycles. The van der Waals surface area contributed by atoms with Gasteiger partial charge >= 0.3 is 0 Å². The molecule has 2 aliphatic heterocycles. The van der Waals surface area contributed by atoms with Crippen molar-refractivity contribution in [2.75, 3.05) is 63.8 Å². The van der Waals surface area contributed by atoms with Gasteiger partial charge in [-0.05, 0) is 44.4 Å². The fourth-order valence-electron chi connectivity index (χ4n) is 4.55. The lowest BCUT2D eigenvalue weighted by atomic mass is 10.1. The molecule has 1 unspecified atom stereocenters. The number of anilines is 1. The SMILES string of the molecule is CCNC(=NCCN1CCN(c2cccc(C)c2C)CC1)NC1CCN(C(=O)C(C)C)C1.I. The lowest BCUT2D eigenvalue weighted by molar-refractivity contribution is -0.133. The van der Waals surface area contributed by atoms with E-state index in [1.54, 1.807) is 0 Å². The molecule has 7 nitrogen and oxygen atoms in total. The predicted octanol–water partition coefficient (Wildman–Crippen LogP) is 2.86. The van der Waals surface area contributed by atoms with Crippen LogP contribution in [0.4, 0.5) is 5.69 Å². The molecule has 1 amide bonds. The maximum absolute atomic E-state index is 12.2. The van der Waals surface area contributed by atoms with Gasteiger partial charge < -0.3 is 20.4 Å². The number of aliphatic imine (C=N–C) groups is 1. The quantitative estimate of drug-likeness (QED) is 0.300. The molecular weight excluding hydrogens is 527 g/mol. The highest BCUT2D eigenvalue weighted by molar-refractivity contribution is 14.0.